The van der Waals surface area contributed by atoms with Crippen LogP contribution in [0.5, 0.6) is 11.5 Å². The number of nitrogens with zero attached hydrogens (tertiary/aromatic N) is 1. The lowest BCUT2D eigenvalue weighted by Crippen LogP contribution is -2.30. The van der Waals surface area contributed by atoms with Crippen LogP contribution < -0.4 is 9.47 Å². The zero-order chi connectivity index (χ0) is 16.9. The molecule has 0 radical (unpaired) electrons. The Kier molecular flexibility index (Phi) is 5.93. The summed E-state index contributed by atoms with van der Waals surface area (Å²) < 4.78 is 11.0. The highest BCUT2D eigenvalue weighted by Gasteiger charge is 2.33. The van der Waals surface area contributed by atoms with E-state index >= 15 is 0 Å². The normalized spacial score (nSPS) is 21.2. The van der Waals surface area contributed by atoms with Crippen molar-refractivity contribution in [2.24, 2.45) is 5.92 Å². The van der Waals surface area contributed by atoms with Crippen molar-refractivity contribution in [2.45, 2.75) is 43.9 Å². The summed E-state index contributed by atoms with van der Waals surface area (Å²) >= 11 is 1.81. The van der Waals surface area contributed by atoms with Crippen molar-refractivity contribution in [3.05, 3.63) is 23.8 Å². The van der Waals surface area contributed by atoms with E-state index in [1.807, 2.05) is 34.9 Å². The van der Waals surface area contributed by atoms with Gasteiger partial charge in [-0.25, -0.2) is 0 Å². The van der Waals surface area contributed by atoms with Gasteiger partial charge in [-0.05, 0) is 18.4 Å². The summed E-state index contributed by atoms with van der Waals surface area (Å²) in [6, 6.07) is 5.91. The fourth-order valence-electron chi connectivity index (χ4n) is 3.86. The Balaban J connectivity index is 1.72. The quantitative estimate of drug-likeness (QED) is 0.770. The molecule has 4 nitrogen and oxygen atoms in total. The number of hydrogen-bond donors (Lipinski definition) is 0. The highest BCUT2D eigenvalue weighted by atomic mass is 32.2. The lowest BCUT2D eigenvalue weighted by Gasteiger charge is -2.26. The number of amides is 1. The molecule has 0 spiro atoms. The number of thioether (sulfide) groups is 1. The van der Waals surface area contributed by atoms with Gasteiger partial charge in [-0.2, -0.15) is 0 Å². The van der Waals surface area contributed by atoms with E-state index in [2.05, 4.69) is 0 Å². The van der Waals surface area contributed by atoms with Crippen LogP contribution in [0.25, 0.3) is 0 Å². The van der Waals surface area contributed by atoms with Gasteiger partial charge in [-0.3, -0.25) is 4.79 Å². The largest absolute Gasteiger partial charge is 0.493 e. The molecule has 1 saturated heterocycles. The first-order valence-corrected chi connectivity index (χ1v) is 9.91. The Labute approximate surface area is 148 Å². The molecule has 0 bridgehead atoms. The van der Waals surface area contributed by atoms with E-state index in [9.17, 15) is 4.79 Å². The minimum atomic E-state index is 0.0335. The Hall–Kier alpha value is -1.36. The van der Waals surface area contributed by atoms with Gasteiger partial charge in [0.05, 0.1) is 14.2 Å². The molecule has 1 aromatic carbocycles. The van der Waals surface area contributed by atoms with Gasteiger partial charge < -0.3 is 14.4 Å². The Morgan fingerprint density at radius 2 is 2.04 bits per heavy atom. The molecule has 1 atom stereocenters. The molecule has 132 valence electrons. The number of ether oxygens (including phenoxy) is 2. The average Bonchev–Trinajstić information content (AvgIpc) is 3.30. The van der Waals surface area contributed by atoms with E-state index in [0.717, 1.165) is 41.7 Å². The third-order valence-corrected chi connectivity index (χ3v) is 6.39. The van der Waals surface area contributed by atoms with Crippen LogP contribution in [-0.2, 0) is 4.79 Å². The highest BCUT2D eigenvalue weighted by molar-refractivity contribution is 7.99. The minimum absolute atomic E-state index is 0.0335. The lowest BCUT2D eigenvalue weighted by molar-refractivity contribution is -0.131. The molecule has 1 saturated carbocycles. The minimum Gasteiger partial charge on any atom is -0.493 e. The molecule has 2 aliphatic rings. The van der Waals surface area contributed by atoms with Gasteiger partial charge in [0.25, 0.3) is 0 Å². The first kappa shape index (κ1) is 17.5. The summed E-state index contributed by atoms with van der Waals surface area (Å²) in [6.07, 6.45) is 6.99. The Morgan fingerprint density at radius 3 is 2.75 bits per heavy atom. The van der Waals surface area contributed by atoms with Gasteiger partial charge in [0.2, 0.25) is 5.91 Å². The summed E-state index contributed by atoms with van der Waals surface area (Å²) in [4.78, 5) is 14.8. The third-order valence-electron chi connectivity index (χ3n) is 5.15. The van der Waals surface area contributed by atoms with Gasteiger partial charge in [0.15, 0.2) is 11.5 Å². The first-order valence-electron chi connectivity index (χ1n) is 8.86. The molecule has 0 unspecified atom stereocenters. The Bertz CT molecular complexity index is 572. The molecule has 1 aliphatic carbocycles. The van der Waals surface area contributed by atoms with Crippen LogP contribution in [0.4, 0.5) is 0 Å². The molecule has 0 aromatic heterocycles. The molecular formula is C19H27NO3S. The van der Waals surface area contributed by atoms with Gasteiger partial charge in [0, 0.05) is 24.3 Å². The van der Waals surface area contributed by atoms with Crippen molar-refractivity contribution in [1.82, 2.24) is 4.90 Å². The number of para-hydroxylation sites is 1. The van der Waals surface area contributed by atoms with Gasteiger partial charge >= 0.3 is 0 Å². The second-order valence-electron chi connectivity index (χ2n) is 6.58. The summed E-state index contributed by atoms with van der Waals surface area (Å²) in [7, 11) is 3.31. The molecule has 1 amide bonds. The van der Waals surface area contributed by atoms with Crippen molar-refractivity contribution < 1.29 is 14.3 Å². The maximum absolute atomic E-state index is 12.8. The lowest BCUT2D eigenvalue weighted by atomic mass is 10.0. The number of carbonyl (C=O) groups excluding carboxylic acids is 1. The predicted molar refractivity (Wildman–Crippen MR) is 97.7 cm³/mol. The topological polar surface area (TPSA) is 38.8 Å². The molecule has 1 heterocycles. The van der Waals surface area contributed by atoms with Gasteiger partial charge in [-0.15, -0.1) is 11.8 Å². The zero-order valence-corrected chi connectivity index (χ0v) is 15.4. The highest BCUT2D eigenvalue weighted by Crippen LogP contribution is 2.45. The third kappa shape index (κ3) is 3.66. The summed E-state index contributed by atoms with van der Waals surface area (Å²) in [5.41, 5.74) is 1.04. The van der Waals surface area contributed by atoms with Crippen LogP contribution in [0.3, 0.4) is 0 Å². The van der Waals surface area contributed by atoms with Crippen LogP contribution in [0.2, 0.25) is 0 Å². The van der Waals surface area contributed by atoms with E-state index in [1.54, 1.807) is 14.2 Å². The van der Waals surface area contributed by atoms with Crippen molar-refractivity contribution >= 4 is 17.7 Å². The standard InChI is InChI=1S/C19H27NO3S/c1-22-16-9-5-8-15(18(16)23-2)19-20(12-13-24-19)17(21)11-10-14-6-3-4-7-14/h5,8-9,14,19H,3-4,6-7,10-13H2,1-2H3/t19-/m1/s1. The van der Waals surface area contributed by atoms with Crippen LogP contribution in [-0.4, -0.2) is 37.3 Å². The van der Waals surface area contributed by atoms with Crippen molar-refractivity contribution in [3.8, 4) is 11.5 Å². The number of hydrogen-bond acceptors (Lipinski definition) is 4. The van der Waals surface area contributed by atoms with Crippen molar-refractivity contribution in [1.29, 1.82) is 0 Å². The summed E-state index contributed by atoms with van der Waals surface area (Å²) in [6.45, 7) is 0.819. The van der Waals surface area contributed by atoms with Crippen LogP contribution in [0.15, 0.2) is 18.2 Å². The second kappa shape index (κ2) is 8.15. The molecular weight excluding hydrogens is 322 g/mol. The Morgan fingerprint density at radius 1 is 1.25 bits per heavy atom. The maximum atomic E-state index is 12.8. The van der Waals surface area contributed by atoms with E-state index in [-0.39, 0.29) is 11.3 Å². The molecule has 3 rings (SSSR count). The monoisotopic (exact) mass is 349 g/mol. The number of benzene rings is 1. The van der Waals surface area contributed by atoms with E-state index in [1.165, 1.54) is 25.7 Å². The smallest absolute Gasteiger partial charge is 0.223 e. The number of rotatable bonds is 6. The summed E-state index contributed by atoms with van der Waals surface area (Å²) in [5.74, 6) is 3.48. The molecule has 24 heavy (non-hydrogen) atoms. The van der Waals surface area contributed by atoms with Crippen molar-refractivity contribution in [2.75, 3.05) is 26.5 Å². The van der Waals surface area contributed by atoms with Gasteiger partial charge in [-0.1, -0.05) is 37.8 Å². The molecule has 1 aromatic rings. The number of carbonyl (C=O) groups is 1. The molecule has 1 aliphatic heterocycles. The SMILES string of the molecule is COc1cccc([C@H]2SCCN2C(=O)CCC2CCCC2)c1OC. The van der Waals surface area contributed by atoms with E-state index < -0.39 is 0 Å². The van der Waals surface area contributed by atoms with E-state index in [0.29, 0.717) is 6.42 Å². The molecule has 5 heteroatoms. The predicted octanol–water partition coefficient (Wildman–Crippen LogP) is 4.25. The fourth-order valence-corrected chi connectivity index (χ4v) is 5.15. The van der Waals surface area contributed by atoms with Gasteiger partial charge in [0.1, 0.15) is 5.37 Å². The van der Waals surface area contributed by atoms with Crippen LogP contribution >= 0.6 is 11.8 Å². The molecule has 2 fully saturated rings. The van der Waals surface area contributed by atoms with E-state index in [4.69, 9.17) is 9.47 Å². The maximum Gasteiger partial charge on any atom is 0.223 e. The summed E-state index contributed by atoms with van der Waals surface area (Å²) in [5, 5.41) is 0.0335. The zero-order valence-electron chi connectivity index (χ0n) is 14.6. The van der Waals surface area contributed by atoms with Crippen LogP contribution in [0.1, 0.15) is 49.5 Å². The second-order valence-corrected chi connectivity index (χ2v) is 7.77. The van der Waals surface area contributed by atoms with Crippen molar-refractivity contribution in [3.63, 3.8) is 0 Å². The average molecular weight is 349 g/mol. The fraction of sp³-hybridized carbons (Fsp3) is 0.632. The number of methoxy groups -OCH3 is 2. The molecule has 0 N–H and O–H groups in total. The first-order chi connectivity index (χ1) is 11.7. The van der Waals surface area contributed by atoms with Crippen LogP contribution in [0, 0.1) is 5.92 Å².